The molecule has 1 N–H and O–H groups in total. The van der Waals surface area contributed by atoms with Crippen LogP contribution in [-0.2, 0) is 0 Å². The van der Waals surface area contributed by atoms with Crippen molar-refractivity contribution in [3.05, 3.63) is 29.3 Å². The molecule has 1 atom stereocenters. The van der Waals surface area contributed by atoms with Crippen molar-refractivity contribution in [1.82, 2.24) is 10.3 Å². The molecule has 1 unspecified atom stereocenters. The molecular weight excluding hydrogens is 216 g/mol. The van der Waals surface area contributed by atoms with Crippen molar-refractivity contribution in [2.24, 2.45) is 0 Å². The van der Waals surface area contributed by atoms with Gasteiger partial charge in [0.2, 0.25) is 0 Å². The quantitative estimate of drug-likeness (QED) is 0.872. The highest BCUT2D eigenvalue weighted by atomic mass is 32.1. The normalized spacial score (nSPS) is 17.8. The number of nitrogens with zero attached hydrogens (tertiary/aromatic N) is 1. The molecule has 0 aliphatic heterocycles. The summed E-state index contributed by atoms with van der Waals surface area (Å²) in [6.45, 7) is 2.23. The Hall–Kier alpha value is -0.930. The molecule has 84 valence electrons. The lowest BCUT2D eigenvalue weighted by atomic mass is 10.2. The summed E-state index contributed by atoms with van der Waals surface area (Å²) < 4.78 is 1.30. The lowest BCUT2D eigenvalue weighted by molar-refractivity contribution is 0.515. The van der Waals surface area contributed by atoms with Gasteiger partial charge in [-0.05, 0) is 31.4 Å². The predicted molar refractivity (Wildman–Crippen MR) is 68.8 cm³/mol. The van der Waals surface area contributed by atoms with E-state index in [-0.39, 0.29) is 0 Å². The molecule has 1 aliphatic rings. The van der Waals surface area contributed by atoms with E-state index in [1.165, 1.54) is 22.5 Å². The molecule has 1 heterocycles. The minimum absolute atomic E-state index is 0.449. The zero-order chi connectivity index (χ0) is 11.0. The number of thiazole rings is 1. The Morgan fingerprint density at radius 2 is 2.25 bits per heavy atom. The SMILES string of the molecule is CCC(NC1CC1)c1nc2ccccc2s1. The van der Waals surface area contributed by atoms with Gasteiger partial charge in [-0.1, -0.05) is 19.1 Å². The van der Waals surface area contributed by atoms with Crippen molar-refractivity contribution in [1.29, 1.82) is 0 Å². The molecule has 0 bridgehead atoms. The van der Waals surface area contributed by atoms with E-state index in [1.807, 2.05) is 11.3 Å². The average Bonchev–Trinajstić information content (AvgIpc) is 3.02. The number of hydrogen-bond donors (Lipinski definition) is 1. The Kier molecular flexibility index (Phi) is 2.65. The second kappa shape index (κ2) is 4.15. The van der Waals surface area contributed by atoms with E-state index < -0.39 is 0 Å². The van der Waals surface area contributed by atoms with Gasteiger partial charge in [-0.25, -0.2) is 4.98 Å². The molecule has 0 radical (unpaired) electrons. The second-order valence-electron chi connectivity index (χ2n) is 4.42. The molecular formula is C13H16N2S. The molecule has 2 aromatic rings. The van der Waals surface area contributed by atoms with E-state index >= 15 is 0 Å². The zero-order valence-electron chi connectivity index (χ0n) is 9.44. The third kappa shape index (κ3) is 1.97. The highest BCUT2D eigenvalue weighted by molar-refractivity contribution is 7.18. The summed E-state index contributed by atoms with van der Waals surface area (Å²) in [5, 5.41) is 4.91. The molecule has 2 nitrogen and oxygen atoms in total. The molecule has 1 fully saturated rings. The van der Waals surface area contributed by atoms with Gasteiger partial charge in [-0.2, -0.15) is 0 Å². The summed E-state index contributed by atoms with van der Waals surface area (Å²) in [7, 11) is 0. The monoisotopic (exact) mass is 232 g/mol. The van der Waals surface area contributed by atoms with Crippen LogP contribution in [0.15, 0.2) is 24.3 Å². The minimum Gasteiger partial charge on any atom is -0.305 e. The van der Waals surface area contributed by atoms with Crippen molar-refractivity contribution in [3.63, 3.8) is 0 Å². The van der Waals surface area contributed by atoms with Crippen molar-refractivity contribution in [3.8, 4) is 0 Å². The smallest absolute Gasteiger partial charge is 0.111 e. The summed E-state index contributed by atoms with van der Waals surface area (Å²) >= 11 is 1.83. The Balaban J connectivity index is 1.90. The average molecular weight is 232 g/mol. The third-order valence-corrected chi connectivity index (χ3v) is 4.18. The second-order valence-corrected chi connectivity index (χ2v) is 5.48. The van der Waals surface area contributed by atoms with Crippen molar-refractivity contribution in [2.75, 3.05) is 0 Å². The fraction of sp³-hybridized carbons (Fsp3) is 0.462. The molecule has 16 heavy (non-hydrogen) atoms. The predicted octanol–water partition coefficient (Wildman–Crippen LogP) is 3.50. The van der Waals surface area contributed by atoms with E-state index in [2.05, 4.69) is 36.5 Å². The molecule has 1 aliphatic carbocycles. The molecule has 3 rings (SSSR count). The Morgan fingerprint density at radius 1 is 1.44 bits per heavy atom. The first-order valence-corrected chi connectivity index (χ1v) is 6.80. The maximum atomic E-state index is 4.72. The molecule has 1 saturated carbocycles. The number of para-hydroxylation sites is 1. The maximum Gasteiger partial charge on any atom is 0.111 e. The van der Waals surface area contributed by atoms with Gasteiger partial charge in [0, 0.05) is 6.04 Å². The number of aromatic nitrogens is 1. The minimum atomic E-state index is 0.449. The topological polar surface area (TPSA) is 24.9 Å². The molecule has 1 aromatic carbocycles. The van der Waals surface area contributed by atoms with E-state index in [9.17, 15) is 0 Å². The van der Waals surface area contributed by atoms with E-state index in [0.29, 0.717) is 6.04 Å². The van der Waals surface area contributed by atoms with Crippen molar-refractivity contribution in [2.45, 2.75) is 38.3 Å². The van der Waals surface area contributed by atoms with Crippen LogP contribution in [-0.4, -0.2) is 11.0 Å². The van der Waals surface area contributed by atoms with Gasteiger partial charge in [0.1, 0.15) is 5.01 Å². The third-order valence-electron chi connectivity index (χ3n) is 3.03. The van der Waals surface area contributed by atoms with Gasteiger partial charge in [0.15, 0.2) is 0 Å². The number of benzene rings is 1. The molecule has 1 aromatic heterocycles. The fourth-order valence-corrected chi connectivity index (χ4v) is 3.05. The van der Waals surface area contributed by atoms with Crippen LogP contribution < -0.4 is 5.32 Å². The standard InChI is InChI=1S/C13H16N2S/c1-2-10(14-9-7-8-9)13-15-11-5-3-4-6-12(11)16-13/h3-6,9-10,14H,2,7-8H2,1H3. The summed E-state index contributed by atoms with van der Waals surface area (Å²) in [5.41, 5.74) is 1.14. The first kappa shape index (κ1) is 10.2. The van der Waals surface area contributed by atoms with Gasteiger partial charge in [0.05, 0.1) is 16.3 Å². The van der Waals surface area contributed by atoms with Crippen LogP contribution in [0.5, 0.6) is 0 Å². The summed E-state index contributed by atoms with van der Waals surface area (Å²) in [5.74, 6) is 0. The van der Waals surface area contributed by atoms with Gasteiger partial charge >= 0.3 is 0 Å². The number of hydrogen-bond acceptors (Lipinski definition) is 3. The highest BCUT2D eigenvalue weighted by Crippen LogP contribution is 2.30. The number of nitrogens with one attached hydrogen (secondary N) is 1. The molecule has 0 amide bonds. The lowest BCUT2D eigenvalue weighted by Gasteiger charge is -2.12. The van der Waals surface area contributed by atoms with Gasteiger partial charge in [-0.15, -0.1) is 11.3 Å². The van der Waals surface area contributed by atoms with E-state index in [0.717, 1.165) is 18.0 Å². The van der Waals surface area contributed by atoms with Crippen LogP contribution >= 0.6 is 11.3 Å². The zero-order valence-corrected chi connectivity index (χ0v) is 10.3. The number of fused-ring (bicyclic) bond motifs is 1. The van der Waals surface area contributed by atoms with Crippen LogP contribution in [0.2, 0.25) is 0 Å². The largest absolute Gasteiger partial charge is 0.305 e. The van der Waals surface area contributed by atoms with Gasteiger partial charge in [0.25, 0.3) is 0 Å². The summed E-state index contributed by atoms with van der Waals surface area (Å²) in [6.07, 6.45) is 3.79. The van der Waals surface area contributed by atoms with Crippen LogP contribution in [0.25, 0.3) is 10.2 Å². The molecule has 0 spiro atoms. The van der Waals surface area contributed by atoms with Crippen LogP contribution in [0, 0.1) is 0 Å². The van der Waals surface area contributed by atoms with Gasteiger partial charge < -0.3 is 5.32 Å². The Morgan fingerprint density at radius 3 is 2.94 bits per heavy atom. The Labute approximate surface area is 99.7 Å². The Bertz CT molecular complexity index is 454. The lowest BCUT2D eigenvalue weighted by Crippen LogP contribution is -2.22. The van der Waals surface area contributed by atoms with Crippen molar-refractivity contribution < 1.29 is 0 Å². The molecule has 0 saturated heterocycles. The summed E-state index contributed by atoms with van der Waals surface area (Å²) in [4.78, 5) is 4.72. The van der Waals surface area contributed by atoms with Gasteiger partial charge in [-0.3, -0.25) is 0 Å². The van der Waals surface area contributed by atoms with Crippen LogP contribution in [0.3, 0.4) is 0 Å². The first-order valence-electron chi connectivity index (χ1n) is 5.98. The van der Waals surface area contributed by atoms with Crippen molar-refractivity contribution >= 4 is 21.6 Å². The van der Waals surface area contributed by atoms with E-state index in [1.54, 1.807) is 0 Å². The van der Waals surface area contributed by atoms with Crippen LogP contribution in [0.4, 0.5) is 0 Å². The first-order chi connectivity index (χ1) is 7.86. The summed E-state index contributed by atoms with van der Waals surface area (Å²) in [6, 6.07) is 9.59. The van der Waals surface area contributed by atoms with E-state index in [4.69, 9.17) is 4.98 Å². The highest BCUT2D eigenvalue weighted by Gasteiger charge is 2.25. The van der Waals surface area contributed by atoms with Crippen LogP contribution in [0.1, 0.15) is 37.2 Å². The fourth-order valence-electron chi connectivity index (χ4n) is 1.94. The maximum absolute atomic E-state index is 4.72. The number of rotatable bonds is 4. The molecule has 3 heteroatoms.